The summed E-state index contributed by atoms with van der Waals surface area (Å²) in [6, 6.07) is 5.86. The lowest BCUT2D eigenvalue weighted by molar-refractivity contribution is -0.123. The van der Waals surface area contributed by atoms with Gasteiger partial charge in [-0.05, 0) is 30.5 Å². The van der Waals surface area contributed by atoms with Crippen LogP contribution in [0, 0.1) is 0 Å². The van der Waals surface area contributed by atoms with Gasteiger partial charge in [0.25, 0.3) is 0 Å². The average molecular weight is 321 g/mol. The van der Waals surface area contributed by atoms with Crippen molar-refractivity contribution in [3.8, 4) is 11.5 Å². The van der Waals surface area contributed by atoms with E-state index in [-0.39, 0.29) is 17.4 Å². The summed E-state index contributed by atoms with van der Waals surface area (Å²) < 4.78 is 16.1. The van der Waals surface area contributed by atoms with Gasteiger partial charge in [-0.2, -0.15) is 0 Å². The molecule has 1 unspecified atom stereocenters. The highest BCUT2D eigenvalue weighted by Gasteiger charge is 2.24. The number of rotatable bonds is 7. The Bertz CT molecular complexity index is 536. The first-order valence-electron chi connectivity index (χ1n) is 8.07. The Hall–Kier alpha value is -1.75. The zero-order valence-corrected chi connectivity index (χ0v) is 14.5. The highest BCUT2D eigenvalue weighted by Crippen LogP contribution is 2.32. The van der Waals surface area contributed by atoms with Crippen molar-refractivity contribution in [1.82, 2.24) is 5.32 Å². The van der Waals surface area contributed by atoms with Crippen molar-refractivity contribution in [2.45, 2.75) is 44.6 Å². The molecular weight excluding hydrogens is 294 g/mol. The third-order valence-corrected chi connectivity index (χ3v) is 4.33. The van der Waals surface area contributed by atoms with E-state index >= 15 is 0 Å². The second kappa shape index (κ2) is 7.68. The Kier molecular flexibility index (Phi) is 5.88. The van der Waals surface area contributed by atoms with Crippen molar-refractivity contribution in [3.63, 3.8) is 0 Å². The van der Waals surface area contributed by atoms with Crippen LogP contribution in [0.1, 0.15) is 38.7 Å². The first kappa shape index (κ1) is 17.6. The molecule has 1 aromatic carbocycles. The molecule has 5 heteroatoms. The predicted octanol–water partition coefficient (Wildman–Crippen LogP) is 2.67. The van der Waals surface area contributed by atoms with Crippen molar-refractivity contribution in [3.05, 3.63) is 23.8 Å². The average Bonchev–Trinajstić information content (AvgIpc) is 3.05. The fourth-order valence-corrected chi connectivity index (χ4v) is 2.76. The number of hydrogen-bond donors (Lipinski definition) is 1. The van der Waals surface area contributed by atoms with Crippen molar-refractivity contribution in [2.75, 3.05) is 27.4 Å². The normalized spacial score (nSPS) is 17.8. The number of hydrogen-bond acceptors (Lipinski definition) is 4. The zero-order chi connectivity index (χ0) is 16.9. The van der Waals surface area contributed by atoms with Crippen LogP contribution < -0.4 is 14.8 Å². The van der Waals surface area contributed by atoms with Gasteiger partial charge < -0.3 is 19.5 Å². The van der Waals surface area contributed by atoms with E-state index in [4.69, 9.17) is 14.2 Å². The molecule has 1 fully saturated rings. The van der Waals surface area contributed by atoms with Crippen LogP contribution in [0.5, 0.6) is 11.5 Å². The standard InChI is InChI=1S/C18H27NO4/c1-18(2,12-19-17(20)11-14-6-5-9-23-14)13-7-8-15(21-3)16(10-13)22-4/h7-8,10,14H,5-6,9,11-12H2,1-4H3,(H,19,20). The second-order valence-corrected chi connectivity index (χ2v) is 6.57. The van der Waals surface area contributed by atoms with E-state index in [1.54, 1.807) is 14.2 Å². The molecule has 1 aliphatic rings. The summed E-state index contributed by atoms with van der Waals surface area (Å²) >= 11 is 0. The van der Waals surface area contributed by atoms with Gasteiger partial charge in [0.05, 0.1) is 26.7 Å². The lowest BCUT2D eigenvalue weighted by Crippen LogP contribution is -2.37. The molecule has 0 aliphatic carbocycles. The molecule has 0 spiro atoms. The molecule has 0 saturated carbocycles. The van der Waals surface area contributed by atoms with Crippen LogP contribution in [-0.2, 0) is 14.9 Å². The quantitative estimate of drug-likeness (QED) is 0.839. The lowest BCUT2D eigenvalue weighted by atomic mass is 9.84. The molecule has 2 rings (SSSR count). The van der Waals surface area contributed by atoms with Crippen molar-refractivity contribution < 1.29 is 19.0 Å². The molecule has 1 aromatic rings. The maximum Gasteiger partial charge on any atom is 0.222 e. The van der Waals surface area contributed by atoms with Gasteiger partial charge in [0.1, 0.15) is 0 Å². The lowest BCUT2D eigenvalue weighted by Gasteiger charge is -2.26. The maximum absolute atomic E-state index is 12.1. The van der Waals surface area contributed by atoms with E-state index in [0.717, 1.165) is 25.0 Å². The number of amides is 1. The van der Waals surface area contributed by atoms with Crippen LogP contribution in [0.3, 0.4) is 0 Å². The van der Waals surface area contributed by atoms with Crippen molar-refractivity contribution in [1.29, 1.82) is 0 Å². The molecule has 0 bridgehead atoms. The van der Waals surface area contributed by atoms with Gasteiger partial charge in [0.15, 0.2) is 11.5 Å². The van der Waals surface area contributed by atoms with Crippen LogP contribution in [0.4, 0.5) is 0 Å². The summed E-state index contributed by atoms with van der Waals surface area (Å²) in [7, 11) is 3.24. The topological polar surface area (TPSA) is 56.8 Å². The summed E-state index contributed by atoms with van der Waals surface area (Å²) in [5, 5.41) is 3.02. The number of carbonyl (C=O) groups excluding carboxylic acids is 1. The number of methoxy groups -OCH3 is 2. The zero-order valence-electron chi connectivity index (χ0n) is 14.5. The molecule has 0 aromatic heterocycles. The molecule has 1 N–H and O–H groups in total. The fraction of sp³-hybridized carbons (Fsp3) is 0.611. The summed E-state index contributed by atoms with van der Waals surface area (Å²) in [6.45, 7) is 5.53. The SMILES string of the molecule is COc1ccc(C(C)(C)CNC(=O)CC2CCCO2)cc1OC. The smallest absolute Gasteiger partial charge is 0.222 e. The molecular formula is C18H27NO4. The number of benzene rings is 1. The summed E-state index contributed by atoms with van der Waals surface area (Å²) in [5.41, 5.74) is 0.888. The first-order chi connectivity index (χ1) is 11.0. The van der Waals surface area contributed by atoms with Gasteiger partial charge in [-0.25, -0.2) is 0 Å². The number of carbonyl (C=O) groups is 1. The van der Waals surface area contributed by atoms with Crippen LogP contribution >= 0.6 is 0 Å². The molecule has 1 heterocycles. The van der Waals surface area contributed by atoms with E-state index < -0.39 is 0 Å². The Balaban J connectivity index is 1.96. The first-order valence-corrected chi connectivity index (χ1v) is 8.07. The van der Waals surface area contributed by atoms with E-state index in [9.17, 15) is 4.79 Å². The minimum atomic E-state index is -0.203. The Labute approximate surface area is 138 Å². The second-order valence-electron chi connectivity index (χ2n) is 6.57. The predicted molar refractivity (Wildman–Crippen MR) is 89.2 cm³/mol. The van der Waals surface area contributed by atoms with Crippen molar-refractivity contribution in [2.24, 2.45) is 0 Å². The molecule has 0 radical (unpaired) electrons. The van der Waals surface area contributed by atoms with Crippen LogP contribution in [0.2, 0.25) is 0 Å². The third kappa shape index (κ3) is 4.61. The molecule has 5 nitrogen and oxygen atoms in total. The molecule has 128 valence electrons. The third-order valence-electron chi connectivity index (χ3n) is 4.33. The maximum atomic E-state index is 12.1. The largest absolute Gasteiger partial charge is 0.493 e. The number of nitrogens with one attached hydrogen (secondary N) is 1. The van der Waals surface area contributed by atoms with Gasteiger partial charge in [-0.15, -0.1) is 0 Å². The molecule has 1 atom stereocenters. The number of ether oxygens (including phenoxy) is 3. The van der Waals surface area contributed by atoms with Gasteiger partial charge in [-0.1, -0.05) is 19.9 Å². The summed E-state index contributed by atoms with van der Waals surface area (Å²) in [5.74, 6) is 1.45. The van der Waals surface area contributed by atoms with Gasteiger partial charge >= 0.3 is 0 Å². The summed E-state index contributed by atoms with van der Waals surface area (Å²) in [4.78, 5) is 12.1. The fourth-order valence-electron chi connectivity index (χ4n) is 2.76. The van der Waals surface area contributed by atoms with Crippen molar-refractivity contribution >= 4 is 5.91 Å². The Morgan fingerprint density at radius 1 is 1.30 bits per heavy atom. The minimum absolute atomic E-state index is 0.0467. The summed E-state index contributed by atoms with van der Waals surface area (Å²) in [6.07, 6.45) is 2.56. The minimum Gasteiger partial charge on any atom is -0.493 e. The van der Waals surface area contributed by atoms with Gasteiger partial charge in [0.2, 0.25) is 5.91 Å². The van der Waals surface area contributed by atoms with Crippen LogP contribution in [0.15, 0.2) is 18.2 Å². The van der Waals surface area contributed by atoms with E-state index in [2.05, 4.69) is 19.2 Å². The van der Waals surface area contributed by atoms with E-state index in [1.807, 2.05) is 18.2 Å². The van der Waals surface area contributed by atoms with Crippen LogP contribution in [0.25, 0.3) is 0 Å². The highest BCUT2D eigenvalue weighted by molar-refractivity contribution is 5.76. The van der Waals surface area contributed by atoms with Crippen LogP contribution in [-0.4, -0.2) is 39.4 Å². The monoisotopic (exact) mass is 321 g/mol. The Morgan fingerprint density at radius 2 is 2.04 bits per heavy atom. The Morgan fingerprint density at radius 3 is 2.65 bits per heavy atom. The highest BCUT2D eigenvalue weighted by atomic mass is 16.5. The molecule has 1 aliphatic heterocycles. The molecule has 23 heavy (non-hydrogen) atoms. The van der Waals surface area contributed by atoms with E-state index in [0.29, 0.717) is 24.5 Å². The van der Waals surface area contributed by atoms with Gasteiger partial charge in [0, 0.05) is 18.6 Å². The molecule has 1 saturated heterocycles. The molecule has 1 amide bonds. The van der Waals surface area contributed by atoms with Gasteiger partial charge in [-0.3, -0.25) is 4.79 Å². The van der Waals surface area contributed by atoms with E-state index in [1.165, 1.54) is 0 Å².